The van der Waals surface area contributed by atoms with Crippen LogP contribution in [-0.2, 0) is 24.4 Å². The van der Waals surface area contributed by atoms with Gasteiger partial charge in [0, 0.05) is 40.7 Å². The lowest BCUT2D eigenvalue weighted by Crippen LogP contribution is -2.38. The molecular formula is C25H23ClN2O3. The zero-order valence-electron chi connectivity index (χ0n) is 16.8. The molecule has 1 atom stereocenters. The van der Waals surface area contributed by atoms with Crippen LogP contribution in [0.25, 0.3) is 10.9 Å². The van der Waals surface area contributed by atoms with Crippen molar-refractivity contribution in [2.24, 2.45) is 0 Å². The van der Waals surface area contributed by atoms with Crippen LogP contribution in [-0.4, -0.2) is 22.1 Å². The van der Waals surface area contributed by atoms with Crippen molar-refractivity contribution < 1.29 is 14.6 Å². The summed E-state index contributed by atoms with van der Waals surface area (Å²) in [5.41, 5.74) is 3.82. The number of aromatic nitrogens is 1. The highest BCUT2D eigenvalue weighted by Gasteiger charge is 2.20. The largest absolute Gasteiger partial charge is 0.489 e. The van der Waals surface area contributed by atoms with E-state index in [9.17, 15) is 9.90 Å². The summed E-state index contributed by atoms with van der Waals surface area (Å²) in [6.07, 6.45) is 2.23. The Morgan fingerprint density at radius 3 is 2.61 bits per heavy atom. The summed E-state index contributed by atoms with van der Waals surface area (Å²) in [4.78, 5) is 15.1. The number of carboxylic acid groups (broad SMARTS) is 1. The zero-order chi connectivity index (χ0) is 21.6. The van der Waals surface area contributed by atoms with Gasteiger partial charge < -0.3 is 14.8 Å². The SMILES string of the molecule is O=C(O)C(Cc1c[nH]c2ccccc12)NCc1cc(Cl)ccc1OCc1ccccc1. The third kappa shape index (κ3) is 5.26. The second-order valence-corrected chi connectivity index (χ2v) is 7.80. The lowest BCUT2D eigenvalue weighted by atomic mass is 10.0. The quantitative estimate of drug-likeness (QED) is 0.339. The Morgan fingerprint density at radius 1 is 1.03 bits per heavy atom. The molecule has 0 spiro atoms. The molecule has 0 bridgehead atoms. The third-order valence-corrected chi connectivity index (χ3v) is 5.43. The highest BCUT2D eigenvalue weighted by molar-refractivity contribution is 6.30. The van der Waals surface area contributed by atoms with E-state index in [2.05, 4.69) is 10.3 Å². The summed E-state index contributed by atoms with van der Waals surface area (Å²) < 4.78 is 5.98. The fourth-order valence-electron chi connectivity index (χ4n) is 3.56. The molecule has 0 amide bonds. The molecular weight excluding hydrogens is 412 g/mol. The fraction of sp³-hybridized carbons (Fsp3) is 0.160. The summed E-state index contributed by atoms with van der Waals surface area (Å²) in [7, 11) is 0. The number of para-hydroxylation sites is 1. The first-order valence-corrected chi connectivity index (χ1v) is 10.4. The molecule has 158 valence electrons. The van der Waals surface area contributed by atoms with Crippen LogP contribution in [0.15, 0.2) is 79.0 Å². The minimum Gasteiger partial charge on any atom is -0.489 e. The van der Waals surface area contributed by atoms with E-state index in [1.54, 1.807) is 12.1 Å². The molecule has 0 aliphatic rings. The summed E-state index contributed by atoms with van der Waals surface area (Å²) in [5.74, 6) is -0.226. The molecule has 4 aromatic rings. The maximum absolute atomic E-state index is 11.9. The van der Waals surface area contributed by atoms with E-state index in [0.29, 0.717) is 30.3 Å². The molecule has 0 aliphatic heterocycles. The van der Waals surface area contributed by atoms with Gasteiger partial charge in [-0.2, -0.15) is 0 Å². The molecule has 1 heterocycles. The zero-order valence-corrected chi connectivity index (χ0v) is 17.6. The Balaban J connectivity index is 1.47. The van der Waals surface area contributed by atoms with E-state index in [-0.39, 0.29) is 0 Å². The number of hydrogen-bond donors (Lipinski definition) is 3. The van der Waals surface area contributed by atoms with Crippen molar-refractivity contribution in [2.75, 3.05) is 0 Å². The first-order valence-electron chi connectivity index (χ1n) is 10.1. The number of hydrogen-bond acceptors (Lipinski definition) is 3. The number of halogens is 1. The molecule has 6 heteroatoms. The summed E-state index contributed by atoms with van der Waals surface area (Å²) in [6, 6.07) is 22.4. The van der Waals surface area contributed by atoms with Crippen LogP contribution in [0.5, 0.6) is 5.75 Å². The molecule has 1 unspecified atom stereocenters. The number of carbonyl (C=O) groups is 1. The molecule has 3 aromatic carbocycles. The van der Waals surface area contributed by atoms with Crippen LogP contribution < -0.4 is 10.1 Å². The van der Waals surface area contributed by atoms with Gasteiger partial charge in [0.2, 0.25) is 0 Å². The van der Waals surface area contributed by atoms with E-state index >= 15 is 0 Å². The topological polar surface area (TPSA) is 74.3 Å². The van der Waals surface area contributed by atoms with Gasteiger partial charge in [-0.1, -0.05) is 60.1 Å². The molecule has 0 fully saturated rings. The highest BCUT2D eigenvalue weighted by Crippen LogP contribution is 2.25. The van der Waals surface area contributed by atoms with Crippen LogP contribution in [0.1, 0.15) is 16.7 Å². The van der Waals surface area contributed by atoms with Crippen LogP contribution in [0.4, 0.5) is 0 Å². The number of ether oxygens (including phenoxy) is 1. The van der Waals surface area contributed by atoms with Crippen LogP contribution in [0.3, 0.4) is 0 Å². The van der Waals surface area contributed by atoms with Gasteiger partial charge in [-0.15, -0.1) is 0 Å². The number of carboxylic acids is 1. The van der Waals surface area contributed by atoms with Gasteiger partial charge in [-0.25, -0.2) is 0 Å². The molecule has 0 aliphatic carbocycles. The number of aromatic amines is 1. The number of benzene rings is 3. The van der Waals surface area contributed by atoms with Crippen LogP contribution >= 0.6 is 11.6 Å². The van der Waals surface area contributed by atoms with Crippen molar-refractivity contribution in [3.63, 3.8) is 0 Å². The van der Waals surface area contributed by atoms with Crippen LogP contribution in [0, 0.1) is 0 Å². The lowest BCUT2D eigenvalue weighted by Gasteiger charge is -2.17. The Bertz CT molecular complexity index is 1170. The molecule has 1 aromatic heterocycles. The highest BCUT2D eigenvalue weighted by atomic mass is 35.5. The molecule has 5 nitrogen and oxygen atoms in total. The van der Waals surface area contributed by atoms with E-state index < -0.39 is 12.0 Å². The molecule has 31 heavy (non-hydrogen) atoms. The van der Waals surface area contributed by atoms with Gasteiger partial charge in [-0.05, 0) is 35.4 Å². The molecule has 4 rings (SSSR count). The summed E-state index contributed by atoms with van der Waals surface area (Å²) in [6.45, 7) is 0.747. The first kappa shape index (κ1) is 21.0. The van der Waals surface area contributed by atoms with E-state index in [0.717, 1.165) is 27.6 Å². The van der Waals surface area contributed by atoms with Crippen molar-refractivity contribution in [2.45, 2.75) is 25.6 Å². The predicted octanol–water partition coefficient (Wildman–Crippen LogP) is 5.19. The molecule has 0 radical (unpaired) electrons. The maximum atomic E-state index is 11.9. The van der Waals surface area contributed by atoms with Crippen molar-refractivity contribution in [3.05, 3.63) is 101 Å². The van der Waals surface area contributed by atoms with Gasteiger partial charge in [0.1, 0.15) is 18.4 Å². The number of nitrogens with one attached hydrogen (secondary N) is 2. The monoisotopic (exact) mass is 434 g/mol. The number of fused-ring (bicyclic) bond motifs is 1. The van der Waals surface area contributed by atoms with Crippen LogP contribution in [0.2, 0.25) is 5.02 Å². The predicted molar refractivity (Wildman–Crippen MR) is 122 cm³/mol. The van der Waals surface area contributed by atoms with E-state index in [1.807, 2.05) is 66.9 Å². The maximum Gasteiger partial charge on any atom is 0.321 e. The number of rotatable bonds is 9. The Morgan fingerprint density at radius 2 is 1.81 bits per heavy atom. The standard InChI is InChI=1S/C25H23ClN2O3/c26-20-10-11-24(31-16-17-6-2-1-3-7-17)19(12-20)15-28-23(25(29)30)13-18-14-27-22-9-5-4-8-21(18)22/h1-12,14,23,27-28H,13,15-16H2,(H,29,30). The fourth-order valence-corrected chi connectivity index (χ4v) is 3.76. The normalized spacial score (nSPS) is 12.0. The minimum absolute atomic E-state index is 0.323. The van der Waals surface area contributed by atoms with Gasteiger partial charge in [0.15, 0.2) is 0 Å². The second kappa shape index (κ2) is 9.69. The number of aliphatic carboxylic acids is 1. The van der Waals surface area contributed by atoms with E-state index in [4.69, 9.17) is 16.3 Å². The molecule has 0 saturated carbocycles. The molecule has 3 N–H and O–H groups in total. The Kier molecular flexibility index (Phi) is 6.55. The summed E-state index contributed by atoms with van der Waals surface area (Å²) >= 11 is 6.19. The average Bonchev–Trinajstić information content (AvgIpc) is 3.19. The average molecular weight is 435 g/mol. The smallest absolute Gasteiger partial charge is 0.321 e. The van der Waals surface area contributed by atoms with Gasteiger partial charge in [0.25, 0.3) is 0 Å². The van der Waals surface area contributed by atoms with Crippen molar-refractivity contribution in [1.82, 2.24) is 10.3 Å². The van der Waals surface area contributed by atoms with Gasteiger partial charge >= 0.3 is 5.97 Å². The lowest BCUT2D eigenvalue weighted by molar-refractivity contribution is -0.139. The van der Waals surface area contributed by atoms with Crippen molar-refractivity contribution in [3.8, 4) is 5.75 Å². The van der Waals surface area contributed by atoms with Gasteiger partial charge in [0.05, 0.1) is 0 Å². The van der Waals surface area contributed by atoms with Crippen molar-refractivity contribution in [1.29, 1.82) is 0 Å². The van der Waals surface area contributed by atoms with Gasteiger partial charge in [-0.3, -0.25) is 10.1 Å². The van der Waals surface area contributed by atoms with E-state index in [1.165, 1.54) is 0 Å². The Labute approximate surface area is 185 Å². The summed E-state index contributed by atoms with van der Waals surface area (Å²) in [5, 5.41) is 14.5. The first-order chi connectivity index (χ1) is 15.1. The number of H-pyrrole nitrogens is 1. The second-order valence-electron chi connectivity index (χ2n) is 7.36. The van der Waals surface area contributed by atoms with Crippen molar-refractivity contribution >= 4 is 28.5 Å². The molecule has 0 saturated heterocycles. The minimum atomic E-state index is -0.904. The Hall–Kier alpha value is -3.28. The third-order valence-electron chi connectivity index (χ3n) is 5.20.